The molecule has 4 aromatic rings. The average Bonchev–Trinajstić information content (AvgIpc) is 3.41. The summed E-state index contributed by atoms with van der Waals surface area (Å²) < 4.78 is 47.2. The first-order valence-electron chi connectivity index (χ1n) is 11.6. The van der Waals surface area contributed by atoms with Gasteiger partial charge in [0.1, 0.15) is 11.5 Å². The van der Waals surface area contributed by atoms with Crippen LogP contribution in [0.25, 0.3) is 16.9 Å². The lowest BCUT2D eigenvalue weighted by Crippen LogP contribution is -2.40. The Morgan fingerprint density at radius 1 is 0.947 bits per heavy atom. The molecule has 1 saturated heterocycles. The van der Waals surface area contributed by atoms with Gasteiger partial charge in [-0.1, -0.05) is 6.07 Å². The first-order chi connectivity index (χ1) is 18.3. The molecule has 1 fully saturated rings. The Kier molecular flexibility index (Phi) is 6.88. The molecule has 0 bridgehead atoms. The zero-order valence-corrected chi connectivity index (χ0v) is 19.9. The summed E-state index contributed by atoms with van der Waals surface area (Å²) in [5.41, 5.74) is 0.227. The van der Waals surface area contributed by atoms with E-state index in [4.69, 9.17) is 4.74 Å². The van der Waals surface area contributed by atoms with Crippen LogP contribution < -0.4 is 5.32 Å². The summed E-state index contributed by atoms with van der Waals surface area (Å²) in [5, 5.41) is 6.71. The molecule has 1 aliphatic heterocycles. The molecule has 0 saturated carbocycles. The lowest BCUT2D eigenvalue weighted by Gasteiger charge is -2.26. The van der Waals surface area contributed by atoms with Crippen molar-refractivity contribution in [2.24, 2.45) is 0 Å². The van der Waals surface area contributed by atoms with Gasteiger partial charge in [-0.05, 0) is 48.5 Å². The van der Waals surface area contributed by atoms with Crippen molar-refractivity contribution in [3.05, 3.63) is 90.0 Å². The molecular formula is C26H21F3N6O3. The SMILES string of the molecule is O=C(Nc1ccc(-n2nc(-c3cccnc3)cc2C(F)(F)F)cn1)c1cccc(C(=O)N2CCOCC2)c1. The monoisotopic (exact) mass is 522 g/mol. The summed E-state index contributed by atoms with van der Waals surface area (Å²) in [7, 11) is 0. The fraction of sp³-hybridized carbons (Fsp3) is 0.192. The van der Waals surface area contributed by atoms with E-state index in [0.717, 1.165) is 10.7 Å². The van der Waals surface area contributed by atoms with Crippen molar-refractivity contribution < 1.29 is 27.5 Å². The molecule has 5 rings (SSSR count). The number of pyridine rings is 2. The van der Waals surface area contributed by atoms with E-state index in [-0.39, 0.29) is 28.7 Å². The van der Waals surface area contributed by atoms with Crippen LogP contribution in [0.1, 0.15) is 26.4 Å². The van der Waals surface area contributed by atoms with Crippen LogP contribution in [-0.2, 0) is 10.9 Å². The van der Waals surface area contributed by atoms with E-state index in [0.29, 0.717) is 37.4 Å². The number of aromatic nitrogens is 4. The Hall–Kier alpha value is -4.58. The molecule has 0 spiro atoms. The number of nitrogens with zero attached hydrogens (tertiary/aromatic N) is 5. The van der Waals surface area contributed by atoms with Crippen molar-refractivity contribution >= 4 is 17.6 Å². The second-order valence-electron chi connectivity index (χ2n) is 8.41. The lowest BCUT2D eigenvalue weighted by molar-refractivity contribution is -0.142. The van der Waals surface area contributed by atoms with Gasteiger partial charge in [-0.15, -0.1) is 0 Å². The molecule has 12 heteroatoms. The minimum Gasteiger partial charge on any atom is -0.378 e. The van der Waals surface area contributed by atoms with Gasteiger partial charge in [0.15, 0.2) is 0 Å². The number of alkyl halides is 3. The number of rotatable bonds is 5. The Morgan fingerprint density at radius 3 is 2.42 bits per heavy atom. The summed E-state index contributed by atoms with van der Waals surface area (Å²) in [6.45, 7) is 1.87. The molecule has 1 aromatic carbocycles. The predicted octanol–water partition coefficient (Wildman–Crippen LogP) is 4.07. The van der Waals surface area contributed by atoms with Crippen LogP contribution in [0.4, 0.5) is 19.0 Å². The topological polar surface area (TPSA) is 102 Å². The molecule has 0 atom stereocenters. The van der Waals surface area contributed by atoms with E-state index in [1.165, 1.54) is 36.8 Å². The minimum absolute atomic E-state index is 0.0589. The number of amides is 2. The van der Waals surface area contributed by atoms with Crippen molar-refractivity contribution in [2.45, 2.75) is 6.18 Å². The zero-order valence-electron chi connectivity index (χ0n) is 19.9. The molecule has 1 N–H and O–H groups in total. The highest BCUT2D eigenvalue weighted by Gasteiger charge is 2.36. The maximum Gasteiger partial charge on any atom is 0.433 e. The Bertz CT molecular complexity index is 1450. The molecule has 9 nitrogen and oxygen atoms in total. The minimum atomic E-state index is -4.66. The van der Waals surface area contributed by atoms with Crippen molar-refractivity contribution in [3.8, 4) is 16.9 Å². The van der Waals surface area contributed by atoms with Gasteiger partial charge in [-0.2, -0.15) is 18.3 Å². The summed E-state index contributed by atoms with van der Waals surface area (Å²) >= 11 is 0. The third-order valence-corrected chi connectivity index (χ3v) is 5.86. The number of morpholine rings is 1. The molecule has 0 radical (unpaired) electrons. The lowest BCUT2D eigenvalue weighted by atomic mass is 10.1. The molecule has 1 aliphatic rings. The standard InChI is InChI=1S/C26H21F3N6O3/c27-26(28,29)22-14-21(19-5-2-8-30-15-19)33-35(22)20-6-7-23(31-16-20)32-24(36)17-3-1-4-18(13-17)25(37)34-9-11-38-12-10-34/h1-8,13-16H,9-12H2,(H,31,32,36). The van der Waals surface area contributed by atoms with Gasteiger partial charge in [0.2, 0.25) is 0 Å². The molecule has 4 heterocycles. The van der Waals surface area contributed by atoms with Gasteiger partial charge in [0.05, 0.1) is 30.8 Å². The molecule has 2 amide bonds. The van der Waals surface area contributed by atoms with Crippen molar-refractivity contribution in [1.29, 1.82) is 0 Å². The molecule has 0 aliphatic carbocycles. The zero-order chi connectivity index (χ0) is 26.7. The highest BCUT2D eigenvalue weighted by atomic mass is 19.4. The maximum absolute atomic E-state index is 13.7. The summed E-state index contributed by atoms with van der Waals surface area (Å²) in [5.74, 6) is -0.594. The van der Waals surface area contributed by atoms with Crippen LogP contribution in [0.5, 0.6) is 0 Å². The highest BCUT2D eigenvalue weighted by Crippen LogP contribution is 2.34. The van der Waals surface area contributed by atoms with Crippen LogP contribution in [0.2, 0.25) is 0 Å². The van der Waals surface area contributed by atoms with Gasteiger partial charge in [0.25, 0.3) is 11.8 Å². The van der Waals surface area contributed by atoms with E-state index in [1.54, 1.807) is 35.2 Å². The number of hydrogen-bond acceptors (Lipinski definition) is 6. The van der Waals surface area contributed by atoms with Crippen LogP contribution in [0.15, 0.2) is 73.2 Å². The summed E-state index contributed by atoms with van der Waals surface area (Å²) in [6, 6.07) is 13.2. The Morgan fingerprint density at radius 2 is 1.74 bits per heavy atom. The normalized spacial score (nSPS) is 13.8. The quantitative estimate of drug-likeness (QED) is 0.424. The molecule has 38 heavy (non-hydrogen) atoms. The number of nitrogens with one attached hydrogen (secondary N) is 1. The molecule has 3 aromatic heterocycles. The highest BCUT2D eigenvalue weighted by molar-refractivity contribution is 6.05. The molecule has 0 unspecified atom stereocenters. The van der Waals surface area contributed by atoms with Gasteiger partial charge in [0, 0.05) is 42.2 Å². The van der Waals surface area contributed by atoms with Crippen molar-refractivity contribution in [1.82, 2.24) is 24.6 Å². The first kappa shape index (κ1) is 25.1. The van der Waals surface area contributed by atoms with Crippen LogP contribution in [0.3, 0.4) is 0 Å². The third kappa shape index (κ3) is 5.39. The molecular weight excluding hydrogens is 501 g/mol. The van der Waals surface area contributed by atoms with Crippen LogP contribution in [0, 0.1) is 0 Å². The Labute approximate surface area is 214 Å². The number of benzene rings is 1. The Balaban J connectivity index is 1.34. The summed E-state index contributed by atoms with van der Waals surface area (Å²) in [4.78, 5) is 35.2. The van der Waals surface area contributed by atoms with Crippen LogP contribution >= 0.6 is 0 Å². The van der Waals surface area contributed by atoms with E-state index in [1.807, 2.05) is 0 Å². The average molecular weight is 522 g/mol. The fourth-order valence-electron chi connectivity index (χ4n) is 3.95. The van der Waals surface area contributed by atoms with E-state index in [2.05, 4.69) is 20.4 Å². The fourth-order valence-corrected chi connectivity index (χ4v) is 3.95. The first-order valence-corrected chi connectivity index (χ1v) is 11.6. The number of anilines is 1. The predicted molar refractivity (Wildman–Crippen MR) is 131 cm³/mol. The second kappa shape index (κ2) is 10.4. The van der Waals surface area contributed by atoms with Gasteiger partial charge in [-0.3, -0.25) is 14.6 Å². The molecule has 194 valence electrons. The number of ether oxygens (including phenoxy) is 1. The van der Waals surface area contributed by atoms with E-state index in [9.17, 15) is 22.8 Å². The van der Waals surface area contributed by atoms with Crippen molar-refractivity contribution in [3.63, 3.8) is 0 Å². The van der Waals surface area contributed by atoms with Gasteiger partial charge < -0.3 is 15.0 Å². The summed E-state index contributed by atoms with van der Waals surface area (Å²) in [6.07, 6.45) is -0.541. The van der Waals surface area contributed by atoms with Crippen molar-refractivity contribution in [2.75, 3.05) is 31.6 Å². The van der Waals surface area contributed by atoms with E-state index >= 15 is 0 Å². The van der Waals surface area contributed by atoms with Gasteiger partial charge >= 0.3 is 6.18 Å². The third-order valence-electron chi connectivity index (χ3n) is 5.86. The second-order valence-corrected chi connectivity index (χ2v) is 8.41. The number of carbonyl (C=O) groups is 2. The maximum atomic E-state index is 13.7. The largest absolute Gasteiger partial charge is 0.433 e. The number of hydrogen-bond donors (Lipinski definition) is 1. The van der Waals surface area contributed by atoms with Gasteiger partial charge in [-0.25, -0.2) is 9.67 Å². The number of halogens is 3. The van der Waals surface area contributed by atoms with E-state index < -0.39 is 17.8 Å². The van der Waals surface area contributed by atoms with Crippen LogP contribution in [-0.4, -0.2) is 62.8 Å². The smallest absolute Gasteiger partial charge is 0.378 e. The number of carbonyl (C=O) groups excluding carboxylic acids is 2.